The van der Waals surface area contributed by atoms with Crippen LogP contribution in [0.1, 0.15) is 23.6 Å². The number of amides is 2. The van der Waals surface area contributed by atoms with E-state index in [0.29, 0.717) is 13.0 Å². The van der Waals surface area contributed by atoms with Crippen molar-refractivity contribution >= 4 is 11.8 Å². The van der Waals surface area contributed by atoms with Crippen LogP contribution in [0.3, 0.4) is 0 Å². The molecule has 0 spiro atoms. The molecule has 1 aromatic carbocycles. The first-order chi connectivity index (χ1) is 12.1. The lowest BCUT2D eigenvalue weighted by Crippen LogP contribution is -2.35. The molecule has 6 heteroatoms. The monoisotopic (exact) mass is 341 g/mol. The molecule has 5 nitrogen and oxygen atoms in total. The molecule has 2 aromatic rings. The summed E-state index contributed by atoms with van der Waals surface area (Å²) < 4.78 is 12.9. The number of carbonyl (C=O) groups excluding carboxylic acids is 2. The van der Waals surface area contributed by atoms with Gasteiger partial charge in [-0.05, 0) is 35.7 Å². The van der Waals surface area contributed by atoms with Crippen molar-refractivity contribution in [1.82, 2.24) is 15.2 Å². The first-order valence-electron chi connectivity index (χ1n) is 8.24. The first kappa shape index (κ1) is 17.1. The van der Waals surface area contributed by atoms with Crippen molar-refractivity contribution in [2.45, 2.75) is 18.9 Å². The van der Waals surface area contributed by atoms with Crippen LogP contribution in [0.5, 0.6) is 0 Å². The Morgan fingerprint density at radius 1 is 1.32 bits per heavy atom. The summed E-state index contributed by atoms with van der Waals surface area (Å²) in [5, 5.41) is 2.90. The molecule has 0 saturated carbocycles. The van der Waals surface area contributed by atoms with Gasteiger partial charge in [-0.3, -0.25) is 14.6 Å². The standard InChI is InChI=1S/C19H20FN3O2/c1-23-17(24)11-16(18(23)14-3-2-9-21-12-14)19(25)22-10-8-13-4-6-15(20)7-5-13/h2-7,9,12,16,18H,8,10-11H2,1H3,(H,22,25). The molecule has 2 atom stereocenters. The third-order valence-electron chi connectivity index (χ3n) is 4.58. The van der Waals surface area contributed by atoms with E-state index in [1.807, 2.05) is 6.07 Å². The Balaban J connectivity index is 1.63. The minimum absolute atomic E-state index is 0.0486. The molecule has 2 amide bonds. The molecule has 1 aromatic heterocycles. The average Bonchev–Trinajstić information content (AvgIpc) is 2.92. The van der Waals surface area contributed by atoms with Crippen molar-refractivity contribution in [3.63, 3.8) is 0 Å². The van der Waals surface area contributed by atoms with E-state index < -0.39 is 5.92 Å². The summed E-state index contributed by atoms with van der Waals surface area (Å²) in [6, 6.07) is 9.59. The number of aromatic nitrogens is 1. The van der Waals surface area contributed by atoms with E-state index in [4.69, 9.17) is 0 Å². The molecule has 2 heterocycles. The maximum Gasteiger partial charge on any atom is 0.226 e. The van der Waals surface area contributed by atoms with Gasteiger partial charge in [0.2, 0.25) is 11.8 Å². The van der Waals surface area contributed by atoms with Gasteiger partial charge in [-0.15, -0.1) is 0 Å². The molecule has 1 N–H and O–H groups in total. The second-order valence-corrected chi connectivity index (χ2v) is 6.21. The Morgan fingerprint density at radius 3 is 2.76 bits per heavy atom. The van der Waals surface area contributed by atoms with Crippen molar-refractivity contribution in [1.29, 1.82) is 0 Å². The fourth-order valence-corrected chi connectivity index (χ4v) is 3.22. The minimum Gasteiger partial charge on any atom is -0.355 e. The Kier molecular flexibility index (Phi) is 5.07. The maximum atomic E-state index is 12.9. The lowest BCUT2D eigenvalue weighted by Gasteiger charge is -2.24. The molecule has 130 valence electrons. The molecular weight excluding hydrogens is 321 g/mol. The summed E-state index contributed by atoms with van der Waals surface area (Å²) in [6.45, 7) is 0.443. The summed E-state index contributed by atoms with van der Waals surface area (Å²) in [4.78, 5) is 30.4. The molecular formula is C19H20FN3O2. The highest BCUT2D eigenvalue weighted by Gasteiger charge is 2.42. The van der Waals surface area contributed by atoms with Crippen LogP contribution in [0, 0.1) is 11.7 Å². The minimum atomic E-state index is -0.435. The van der Waals surface area contributed by atoms with Gasteiger partial charge in [0.25, 0.3) is 0 Å². The van der Waals surface area contributed by atoms with E-state index in [2.05, 4.69) is 10.3 Å². The van der Waals surface area contributed by atoms with Crippen LogP contribution in [0.15, 0.2) is 48.8 Å². The van der Waals surface area contributed by atoms with Gasteiger partial charge in [-0.2, -0.15) is 0 Å². The van der Waals surface area contributed by atoms with Gasteiger partial charge < -0.3 is 10.2 Å². The average molecular weight is 341 g/mol. The molecule has 1 saturated heterocycles. The van der Waals surface area contributed by atoms with E-state index in [0.717, 1.165) is 11.1 Å². The number of rotatable bonds is 5. The van der Waals surface area contributed by atoms with Crippen LogP contribution in [0.25, 0.3) is 0 Å². The molecule has 1 fully saturated rings. The fraction of sp³-hybridized carbons (Fsp3) is 0.316. The molecule has 3 rings (SSSR count). The number of likely N-dealkylation sites (tertiary alicyclic amines) is 1. The van der Waals surface area contributed by atoms with Gasteiger partial charge in [-0.25, -0.2) is 4.39 Å². The molecule has 0 aliphatic carbocycles. The smallest absolute Gasteiger partial charge is 0.226 e. The van der Waals surface area contributed by atoms with Gasteiger partial charge in [0, 0.05) is 32.4 Å². The predicted molar refractivity (Wildman–Crippen MR) is 91.0 cm³/mol. The number of hydrogen-bond acceptors (Lipinski definition) is 3. The van der Waals surface area contributed by atoms with Crippen LogP contribution in [-0.2, 0) is 16.0 Å². The third-order valence-corrected chi connectivity index (χ3v) is 4.58. The van der Waals surface area contributed by atoms with E-state index >= 15 is 0 Å². The summed E-state index contributed by atoms with van der Waals surface area (Å²) >= 11 is 0. The SMILES string of the molecule is CN1C(=O)CC(C(=O)NCCc2ccc(F)cc2)C1c1cccnc1. The number of hydrogen-bond donors (Lipinski definition) is 1. The Hall–Kier alpha value is -2.76. The highest BCUT2D eigenvalue weighted by atomic mass is 19.1. The Labute approximate surface area is 145 Å². The molecule has 0 radical (unpaired) electrons. The van der Waals surface area contributed by atoms with E-state index in [1.54, 1.807) is 42.5 Å². The first-order valence-corrected chi connectivity index (χ1v) is 8.24. The normalized spacial score (nSPS) is 19.9. The van der Waals surface area contributed by atoms with Gasteiger partial charge in [0.05, 0.1) is 12.0 Å². The Bertz CT molecular complexity index is 749. The number of halogens is 1. The molecule has 2 unspecified atom stereocenters. The highest BCUT2D eigenvalue weighted by Crippen LogP contribution is 2.36. The quantitative estimate of drug-likeness (QED) is 0.906. The van der Waals surface area contributed by atoms with Crippen LogP contribution < -0.4 is 5.32 Å². The lowest BCUT2D eigenvalue weighted by atomic mass is 9.94. The zero-order valence-electron chi connectivity index (χ0n) is 14.0. The van der Waals surface area contributed by atoms with Crippen LogP contribution in [-0.4, -0.2) is 35.3 Å². The second kappa shape index (κ2) is 7.42. The molecule has 0 bridgehead atoms. The van der Waals surface area contributed by atoms with E-state index in [1.165, 1.54) is 12.1 Å². The zero-order valence-corrected chi connectivity index (χ0v) is 14.0. The predicted octanol–water partition coefficient (Wildman–Crippen LogP) is 2.10. The van der Waals surface area contributed by atoms with Crippen molar-refractivity contribution < 1.29 is 14.0 Å². The summed E-state index contributed by atoms with van der Waals surface area (Å²) in [6.07, 6.45) is 4.16. The zero-order chi connectivity index (χ0) is 17.8. The fourth-order valence-electron chi connectivity index (χ4n) is 3.22. The summed E-state index contributed by atoms with van der Waals surface area (Å²) in [5.74, 6) is -0.907. The molecule has 25 heavy (non-hydrogen) atoms. The third kappa shape index (κ3) is 3.84. The van der Waals surface area contributed by atoms with Crippen molar-refractivity contribution in [2.24, 2.45) is 5.92 Å². The van der Waals surface area contributed by atoms with Crippen LogP contribution >= 0.6 is 0 Å². The van der Waals surface area contributed by atoms with Gasteiger partial charge in [0.15, 0.2) is 0 Å². The van der Waals surface area contributed by atoms with Crippen molar-refractivity contribution in [3.8, 4) is 0 Å². The molecule has 1 aliphatic rings. The van der Waals surface area contributed by atoms with Crippen molar-refractivity contribution in [3.05, 3.63) is 65.7 Å². The maximum absolute atomic E-state index is 12.9. The lowest BCUT2D eigenvalue weighted by molar-refractivity contribution is -0.128. The van der Waals surface area contributed by atoms with E-state index in [-0.39, 0.29) is 30.1 Å². The van der Waals surface area contributed by atoms with Crippen molar-refractivity contribution in [2.75, 3.05) is 13.6 Å². The second-order valence-electron chi connectivity index (χ2n) is 6.21. The number of pyridine rings is 1. The number of nitrogens with zero attached hydrogens (tertiary/aromatic N) is 2. The number of carbonyl (C=O) groups is 2. The largest absolute Gasteiger partial charge is 0.355 e. The van der Waals surface area contributed by atoms with Gasteiger partial charge in [0.1, 0.15) is 5.82 Å². The topological polar surface area (TPSA) is 62.3 Å². The number of benzene rings is 1. The van der Waals surface area contributed by atoms with Crippen LogP contribution in [0.4, 0.5) is 4.39 Å². The number of nitrogens with one attached hydrogen (secondary N) is 1. The van der Waals surface area contributed by atoms with Crippen LogP contribution in [0.2, 0.25) is 0 Å². The highest BCUT2D eigenvalue weighted by molar-refractivity contribution is 5.90. The van der Waals surface area contributed by atoms with Gasteiger partial charge >= 0.3 is 0 Å². The summed E-state index contributed by atoms with van der Waals surface area (Å²) in [7, 11) is 1.71. The summed E-state index contributed by atoms with van der Waals surface area (Å²) in [5.41, 5.74) is 1.81. The molecule has 1 aliphatic heterocycles. The Morgan fingerprint density at radius 2 is 2.08 bits per heavy atom. The van der Waals surface area contributed by atoms with E-state index in [9.17, 15) is 14.0 Å². The van der Waals surface area contributed by atoms with Gasteiger partial charge in [-0.1, -0.05) is 18.2 Å².